The van der Waals surface area contributed by atoms with Crippen molar-refractivity contribution in [3.8, 4) is 17.2 Å². The number of ether oxygens (including phenoxy) is 2. The molecule has 1 atom stereocenters. The van der Waals surface area contributed by atoms with Crippen molar-refractivity contribution >= 4 is 40.5 Å². The van der Waals surface area contributed by atoms with Gasteiger partial charge in [-0.15, -0.1) is 0 Å². The highest BCUT2D eigenvalue weighted by molar-refractivity contribution is 7.81. The normalized spacial score (nSPS) is 15.6. The van der Waals surface area contributed by atoms with Crippen molar-refractivity contribution in [1.82, 2.24) is 0 Å². The number of anilines is 2. The van der Waals surface area contributed by atoms with Crippen LogP contribution in [0.5, 0.6) is 17.2 Å². The molecular formula is C28H26N2O6S. The lowest BCUT2D eigenvalue weighted by Crippen LogP contribution is -2.61. The van der Waals surface area contributed by atoms with E-state index in [1.807, 2.05) is 0 Å². The zero-order chi connectivity index (χ0) is 26.7. The van der Waals surface area contributed by atoms with Gasteiger partial charge < -0.3 is 19.7 Å². The molecule has 190 valence electrons. The van der Waals surface area contributed by atoms with Gasteiger partial charge in [0, 0.05) is 23.6 Å². The number of carbonyl (C=O) groups is 2. The molecule has 1 aliphatic rings. The van der Waals surface area contributed by atoms with E-state index in [1.165, 1.54) is 43.1 Å². The zero-order valence-corrected chi connectivity index (χ0v) is 21.3. The summed E-state index contributed by atoms with van der Waals surface area (Å²) in [5.74, 6) is -2.78. The number of aliphatic hydroxyl groups excluding tert-OH is 1. The first-order chi connectivity index (χ1) is 17.8. The third-order valence-electron chi connectivity index (χ3n) is 6.05. The van der Waals surface area contributed by atoms with Crippen LogP contribution in [0.4, 0.5) is 11.4 Å². The number of carbonyl (C=O) groups excluding carboxylic acids is 2. The third-order valence-corrected chi connectivity index (χ3v) is 6.42. The van der Waals surface area contributed by atoms with Crippen molar-refractivity contribution in [2.24, 2.45) is 5.92 Å². The van der Waals surface area contributed by atoms with Gasteiger partial charge in [0.25, 0.3) is 0 Å². The van der Waals surface area contributed by atoms with Gasteiger partial charge in [-0.3, -0.25) is 19.4 Å². The Kier molecular flexibility index (Phi) is 7.45. The number of rotatable bonds is 7. The van der Waals surface area contributed by atoms with Crippen LogP contribution in [0.1, 0.15) is 18.4 Å². The first-order valence-corrected chi connectivity index (χ1v) is 11.8. The van der Waals surface area contributed by atoms with Crippen molar-refractivity contribution < 1.29 is 29.3 Å². The van der Waals surface area contributed by atoms with Crippen LogP contribution < -0.4 is 19.3 Å². The molecule has 0 saturated carbocycles. The van der Waals surface area contributed by atoms with Crippen LogP contribution in [0, 0.1) is 5.92 Å². The molecule has 1 unspecified atom stereocenters. The predicted molar refractivity (Wildman–Crippen MR) is 144 cm³/mol. The molecule has 3 aromatic carbocycles. The Bertz CT molecular complexity index is 1310. The number of allylic oxidation sites excluding steroid dienone is 2. The average molecular weight is 519 g/mol. The molecule has 0 aromatic heterocycles. The minimum Gasteiger partial charge on any atom is -0.513 e. The molecule has 2 amide bonds. The SMILES string of the molecule is COc1cccc(N2C(=O)C(C(/C=C(/C)O)c3ccccc3O)C(=O)N(c3cccc(OC)c3)C2=S)c1. The number of aliphatic hydroxyl groups is 1. The highest BCUT2D eigenvalue weighted by Gasteiger charge is 2.49. The van der Waals surface area contributed by atoms with Crippen LogP contribution in [0.2, 0.25) is 0 Å². The van der Waals surface area contributed by atoms with Gasteiger partial charge in [-0.2, -0.15) is 0 Å². The molecule has 0 radical (unpaired) electrons. The summed E-state index contributed by atoms with van der Waals surface area (Å²) in [6.07, 6.45) is 1.39. The Labute approximate surface area is 220 Å². The standard InChI is InChI=1S/C28H26N2O6S/c1-17(31)14-23(22-12-4-5-13-24(22)32)25-26(33)29(18-8-6-10-20(15-18)35-2)28(37)30(27(25)34)19-9-7-11-21(16-19)36-3/h4-16,23,25,31-32H,1-3H3/b17-14-. The van der Waals surface area contributed by atoms with Gasteiger partial charge in [0.2, 0.25) is 11.8 Å². The quantitative estimate of drug-likeness (QED) is 0.260. The minimum absolute atomic E-state index is 0.0477. The second-order valence-corrected chi connectivity index (χ2v) is 8.77. The molecule has 2 N–H and O–H groups in total. The van der Waals surface area contributed by atoms with Gasteiger partial charge >= 0.3 is 0 Å². The summed E-state index contributed by atoms with van der Waals surface area (Å²) in [6, 6.07) is 19.9. The Morgan fingerprint density at radius 2 is 1.41 bits per heavy atom. The van der Waals surface area contributed by atoms with Crippen molar-refractivity contribution in [2.45, 2.75) is 12.8 Å². The average Bonchev–Trinajstić information content (AvgIpc) is 2.88. The number of nitrogens with zero attached hydrogens (tertiary/aromatic N) is 2. The second-order valence-electron chi connectivity index (χ2n) is 8.40. The molecule has 37 heavy (non-hydrogen) atoms. The largest absolute Gasteiger partial charge is 0.513 e. The van der Waals surface area contributed by atoms with Crippen molar-refractivity contribution in [1.29, 1.82) is 0 Å². The summed E-state index contributed by atoms with van der Waals surface area (Å²) in [6.45, 7) is 1.44. The van der Waals surface area contributed by atoms with Crippen molar-refractivity contribution in [3.63, 3.8) is 0 Å². The maximum absolute atomic E-state index is 14.1. The fourth-order valence-electron chi connectivity index (χ4n) is 4.35. The molecule has 9 heteroatoms. The van der Waals surface area contributed by atoms with Gasteiger partial charge in [0.05, 0.1) is 31.4 Å². The first-order valence-electron chi connectivity index (χ1n) is 11.4. The van der Waals surface area contributed by atoms with E-state index in [0.717, 1.165) is 0 Å². The van der Waals surface area contributed by atoms with E-state index in [2.05, 4.69) is 0 Å². The number of para-hydroxylation sites is 1. The number of aromatic hydroxyl groups is 1. The molecule has 0 spiro atoms. The van der Waals surface area contributed by atoms with E-state index in [9.17, 15) is 19.8 Å². The summed E-state index contributed by atoms with van der Waals surface area (Å²) in [5.41, 5.74) is 1.12. The Morgan fingerprint density at radius 3 is 1.86 bits per heavy atom. The fraction of sp³-hybridized carbons (Fsp3) is 0.179. The Hall–Kier alpha value is -4.37. The Balaban J connectivity index is 1.94. The summed E-state index contributed by atoms with van der Waals surface area (Å²) in [5, 5.41) is 20.8. The highest BCUT2D eigenvalue weighted by atomic mass is 32.1. The van der Waals surface area contributed by atoms with Crippen LogP contribution in [0.15, 0.2) is 84.6 Å². The van der Waals surface area contributed by atoms with Crippen LogP contribution >= 0.6 is 12.2 Å². The minimum atomic E-state index is -1.36. The Morgan fingerprint density at radius 1 is 0.892 bits per heavy atom. The molecule has 8 nitrogen and oxygen atoms in total. The van der Waals surface area contributed by atoms with Gasteiger partial charge in [0.15, 0.2) is 5.11 Å². The summed E-state index contributed by atoms with van der Waals surface area (Å²) in [4.78, 5) is 30.7. The van der Waals surface area contributed by atoms with Gasteiger partial charge in [-0.1, -0.05) is 30.3 Å². The number of hydrogen-bond donors (Lipinski definition) is 2. The molecule has 1 aliphatic heterocycles. The van der Waals surface area contributed by atoms with E-state index >= 15 is 0 Å². The van der Waals surface area contributed by atoms with Crippen LogP contribution in [-0.4, -0.2) is 41.4 Å². The van der Waals surface area contributed by atoms with E-state index < -0.39 is 23.7 Å². The molecule has 3 aromatic rings. The van der Waals surface area contributed by atoms with E-state index in [4.69, 9.17) is 21.7 Å². The van der Waals surface area contributed by atoms with Gasteiger partial charge in [0.1, 0.15) is 23.2 Å². The molecule has 1 heterocycles. The smallest absolute Gasteiger partial charge is 0.246 e. The van der Waals surface area contributed by atoms with E-state index in [0.29, 0.717) is 28.4 Å². The number of amides is 2. The van der Waals surface area contributed by atoms with Crippen molar-refractivity contribution in [2.75, 3.05) is 24.0 Å². The van der Waals surface area contributed by atoms with E-state index in [-0.39, 0.29) is 16.6 Å². The van der Waals surface area contributed by atoms with E-state index in [1.54, 1.807) is 66.7 Å². The molecule has 0 aliphatic carbocycles. The third kappa shape index (κ3) is 4.99. The maximum Gasteiger partial charge on any atom is 0.246 e. The molecule has 4 rings (SSSR count). The van der Waals surface area contributed by atoms with Crippen LogP contribution in [0.25, 0.3) is 0 Å². The first kappa shape index (κ1) is 25.7. The number of methoxy groups -OCH3 is 2. The predicted octanol–water partition coefficient (Wildman–Crippen LogP) is 4.94. The fourth-order valence-corrected chi connectivity index (χ4v) is 4.74. The number of hydrogen-bond acceptors (Lipinski definition) is 7. The van der Waals surface area contributed by atoms with Gasteiger partial charge in [-0.05, 0) is 55.5 Å². The highest BCUT2D eigenvalue weighted by Crippen LogP contribution is 2.40. The number of benzene rings is 3. The number of phenols is 1. The lowest BCUT2D eigenvalue weighted by atomic mass is 9.81. The zero-order valence-electron chi connectivity index (χ0n) is 20.5. The summed E-state index contributed by atoms with van der Waals surface area (Å²) in [7, 11) is 3.01. The molecule has 1 fully saturated rings. The summed E-state index contributed by atoms with van der Waals surface area (Å²) >= 11 is 5.71. The molecule has 0 bridgehead atoms. The lowest BCUT2D eigenvalue weighted by molar-refractivity contribution is -0.132. The maximum atomic E-state index is 14.1. The lowest BCUT2D eigenvalue weighted by Gasteiger charge is -2.41. The van der Waals surface area contributed by atoms with Crippen LogP contribution in [-0.2, 0) is 9.59 Å². The molecular weight excluding hydrogens is 492 g/mol. The second kappa shape index (κ2) is 10.7. The number of phenolic OH excluding ortho intramolecular Hbond substituents is 1. The van der Waals surface area contributed by atoms with Crippen molar-refractivity contribution in [3.05, 3.63) is 90.2 Å². The number of thiocarbonyl (C=S) groups is 1. The van der Waals surface area contributed by atoms with Gasteiger partial charge in [-0.25, -0.2) is 0 Å². The summed E-state index contributed by atoms with van der Waals surface area (Å²) < 4.78 is 10.7. The monoisotopic (exact) mass is 518 g/mol. The molecule has 1 saturated heterocycles. The topological polar surface area (TPSA) is 99.5 Å². The van der Waals surface area contributed by atoms with Crippen LogP contribution in [0.3, 0.4) is 0 Å².